The number of aliphatic imine (C=N–C) groups is 1. The zero-order valence-electron chi connectivity index (χ0n) is 61.2. The van der Waals surface area contributed by atoms with E-state index in [9.17, 15) is 58.7 Å². The average Bonchev–Trinajstić information content (AvgIpc) is 1.53. The molecule has 0 radical (unpaired) electrons. The van der Waals surface area contributed by atoms with Crippen LogP contribution in [0.2, 0.25) is 0 Å². The third kappa shape index (κ3) is 19.4. The summed E-state index contributed by atoms with van der Waals surface area (Å²) in [5.74, 6) is -3.76. The van der Waals surface area contributed by atoms with E-state index in [1.165, 1.54) is 86.5 Å². The van der Waals surface area contributed by atoms with E-state index in [0.717, 1.165) is 46.4 Å². The number of fused-ring (bicyclic) bond motifs is 3. The Kier molecular flexibility index (Phi) is 26.5. The molecule has 5 heterocycles. The monoisotopic (exact) mass is 1560 g/mol. The van der Waals surface area contributed by atoms with Crippen LogP contribution in [-0.2, 0) is 52.1 Å². The lowest BCUT2D eigenvalue weighted by Crippen LogP contribution is -2.41. The second-order valence-electron chi connectivity index (χ2n) is 29.0. The lowest BCUT2D eigenvalue weighted by Gasteiger charge is -2.32. The van der Waals surface area contributed by atoms with Crippen LogP contribution in [0.5, 0.6) is 0 Å². The number of nitrogen functional groups attached to an aromatic ring is 3. The fourth-order valence-electron chi connectivity index (χ4n) is 11.3. The van der Waals surface area contributed by atoms with Crippen molar-refractivity contribution < 1.29 is 53.7 Å². The smallest absolute Gasteiger partial charge is 0.399 e. The first-order chi connectivity index (χ1) is 48.8. The minimum atomic E-state index is -1.19. The van der Waals surface area contributed by atoms with Crippen molar-refractivity contribution in [2.24, 2.45) is 26.1 Å². The highest BCUT2D eigenvalue weighted by atomic mass is 79.9. The van der Waals surface area contributed by atoms with Crippen molar-refractivity contribution in [1.82, 2.24) is 13.7 Å². The number of hydrogen-bond acceptors (Lipinski definition) is 13. The van der Waals surface area contributed by atoms with Crippen molar-refractivity contribution >= 4 is 84.5 Å². The van der Waals surface area contributed by atoms with Gasteiger partial charge in [0, 0.05) is 155 Å². The minimum absolute atomic E-state index is 0. The topological polar surface area (TPSA) is 243 Å². The van der Waals surface area contributed by atoms with Gasteiger partial charge in [0.1, 0.15) is 34.9 Å². The largest absolute Gasteiger partial charge is 0.496 e. The molecule has 0 bridgehead atoms. The summed E-state index contributed by atoms with van der Waals surface area (Å²) >= 11 is 3.15. The van der Waals surface area contributed by atoms with Crippen LogP contribution in [0.4, 0.5) is 43.4 Å². The highest BCUT2D eigenvalue weighted by molar-refractivity contribution is 9.10. The standard InChI is InChI=1S/C26H28F2N2O3S.C21H17F2N3O.C19H32BNO4S.C13H8BrF2NO.CH4/c1-15(14-34(33)26(2,3)4)18-12-24(31)30(5)13-21(18)19-11-23(29)22(28)10-20(19)25(32)16-6-8-17(27)9-7-16;1-11-14-9-20(27)26(2)10-17(14)15-8-19(24)18(23)7-16(15)21(25-11)12-3-5-13(22)6-4-12;1-13(12-26(23)17(2,3)4)14-10-16(22)21(9)11-15(14)20-24-18(5,6)19(7,8)25-20;14-10-6-12(17)11(16)5-9(10)13(18)7-1-3-8(15)4-2-7;/h6-13,15H,14,29H2,1-5H3;3-11H,24H2,1-2H3;10-11,13H,12H2,1-9H3;1-6H,17H2;1H4/t15-,34-;11-;13-,26-;;/m101../s1. The van der Waals surface area contributed by atoms with E-state index < -0.39 is 85.3 Å². The number of rotatable bonds is 13. The Hall–Kier alpha value is -9.08. The van der Waals surface area contributed by atoms with E-state index in [1.807, 2.05) is 90.0 Å². The van der Waals surface area contributed by atoms with Crippen LogP contribution in [0.15, 0.2) is 170 Å². The Morgan fingerprint density at radius 3 is 1.41 bits per heavy atom. The predicted molar refractivity (Wildman–Crippen MR) is 418 cm³/mol. The molecule has 0 spiro atoms. The van der Waals surface area contributed by atoms with Crippen molar-refractivity contribution in [3.05, 3.63) is 266 Å². The molecule has 1 saturated heterocycles. The van der Waals surface area contributed by atoms with E-state index >= 15 is 0 Å². The second-order valence-corrected chi connectivity index (χ2v) is 34.3. The molecule has 562 valence electrons. The number of benzene rings is 6. The molecule has 26 heteroatoms. The number of halogens is 7. The van der Waals surface area contributed by atoms with Gasteiger partial charge in [-0.3, -0.25) is 37.4 Å². The van der Waals surface area contributed by atoms with Gasteiger partial charge in [-0.2, -0.15) is 0 Å². The molecule has 6 N–H and O–H groups in total. The molecule has 5 atom stereocenters. The zero-order chi connectivity index (χ0) is 78.0. The van der Waals surface area contributed by atoms with Gasteiger partial charge in [0.25, 0.3) is 11.1 Å². The average molecular weight is 1560 g/mol. The molecular formula is C80H89BBrF6N7O9S2. The second kappa shape index (κ2) is 33.4. The molecule has 0 amide bonds. The van der Waals surface area contributed by atoms with Crippen molar-refractivity contribution in [2.75, 3.05) is 28.7 Å². The molecule has 1 fully saturated rings. The number of nitrogens with two attached hydrogens (primary N) is 3. The number of carbonyl (C=O) groups is 2. The van der Waals surface area contributed by atoms with E-state index in [-0.39, 0.29) is 91.9 Å². The van der Waals surface area contributed by atoms with Gasteiger partial charge in [0.15, 0.2) is 11.6 Å². The number of hydrogen-bond donors (Lipinski definition) is 3. The summed E-state index contributed by atoms with van der Waals surface area (Å²) in [7, 11) is 2.20. The van der Waals surface area contributed by atoms with Gasteiger partial charge in [-0.05, 0) is 241 Å². The number of anilines is 3. The Balaban J connectivity index is 0.000000201. The van der Waals surface area contributed by atoms with Gasteiger partial charge in [0.05, 0.1) is 40.0 Å². The lowest BCUT2D eigenvalue weighted by atomic mass is 9.74. The van der Waals surface area contributed by atoms with Crippen LogP contribution in [0.25, 0.3) is 22.3 Å². The highest BCUT2D eigenvalue weighted by Crippen LogP contribution is 2.41. The fourth-order valence-corrected chi connectivity index (χ4v) is 14.1. The van der Waals surface area contributed by atoms with Crippen LogP contribution in [0, 0.1) is 34.9 Å². The maximum absolute atomic E-state index is 14.5. The number of ketones is 2. The normalized spacial score (nSPS) is 15.4. The fraction of sp³-hybridized carbons (Fsp3) is 0.325. The van der Waals surface area contributed by atoms with Crippen LogP contribution in [0.3, 0.4) is 0 Å². The van der Waals surface area contributed by atoms with E-state index in [2.05, 4.69) is 15.9 Å². The summed E-state index contributed by atoms with van der Waals surface area (Å²) < 4.78 is 123. The number of aryl methyl sites for hydroxylation is 3. The molecule has 0 saturated carbocycles. The summed E-state index contributed by atoms with van der Waals surface area (Å²) in [5, 5.41) is 0. The number of pyridine rings is 3. The maximum Gasteiger partial charge on any atom is 0.496 e. The van der Waals surface area contributed by atoms with Crippen molar-refractivity contribution in [2.45, 2.75) is 136 Å². The van der Waals surface area contributed by atoms with Gasteiger partial charge >= 0.3 is 7.12 Å². The molecule has 16 nitrogen and oxygen atoms in total. The van der Waals surface area contributed by atoms with Gasteiger partial charge in [-0.25, -0.2) is 26.3 Å². The van der Waals surface area contributed by atoms with Gasteiger partial charge in [-0.15, -0.1) is 0 Å². The molecular weight excluding hydrogens is 1470 g/mol. The summed E-state index contributed by atoms with van der Waals surface area (Å²) in [5.41, 5.74) is 23.2. The Morgan fingerprint density at radius 1 is 0.538 bits per heavy atom. The summed E-state index contributed by atoms with van der Waals surface area (Å²) in [6.07, 6.45) is 5.08. The van der Waals surface area contributed by atoms with Crippen molar-refractivity contribution in [1.29, 1.82) is 0 Å². The maximum atomic E-state index is 14.5. The minimum Gasteiger partial charge on any atom is -0.399 e. The molecule has 2 aliphatic heterocycles. The zero-order valence-corrected chi connectivity index (χ0v) is 64.5. The van der Waals surface area contributed by atoms with Crippen LogP contribution in [0.1, 0.15) is 175 Å². The molecule has 0 unspecified atom stereocenters. The predicted octanol–water partition coefficient (Wildman–Crippen LogP) is 15.1. The molecule has 106 heavy (non-hydrogen) atoms. The summed E-state index contributed by atoms with van der Waals surface area (Å²) in [4.78, 5) is 67.0. The first kappa shape index (κ1) is 84.2. The van der Waals surface area contributed by atoms with Crippen LogP contribution >= 0.6 is 15.9 Å². The van der Waals surface area contributed by atoms with Gasteiger partial charge in [-0.1, -0.05) is 21.3 Å². The molecule has 9 aromatic rings. The molecule has 6 aromatic carbocycles. The van der Waals surface area contributed by atoms with Crippen LogP contribution in [-0.4, -0.2) is 78.7 Å². The SMILES string of the molecule is C.C[C@@H]1N=C(c2ccc(F)cc2)c2cc(F)c(N)cc2-c2cn(C)c(=O)cc21.C[C@H](C[S@@](=O)C(C)(C)C)c1cc(=O)n(C)cc1-c1cc(N)c(F)cc1C(=O)c1ccc(F)cc1.C[C@H](C[S@@](=O)C(C)(C)C)c1cc(=O)n(C)cc1B1OC(C)(C)C(C)(C)O1.Nc1cc(Br)c(C(=O)c2ccc(F)cc2)cc1F. The van der Waals surface area contributed by atoms with Crippen molar-refractivity contribution in [3.8, 4) is 22.3 Å². The van der Waals surface area contributed by atoms with Crippen molar-refractivity contribution in [3.63, 3.8) is 0 Å². The van der Waals surface area contributed by atoms with Crippen LogP contribution < -0.4 is 39.3 Å². The number of carbonyl (C=O) groups excluding carboxylic acids is 2. The first-order valence-electron chi connectivity index (χ1n) is 33.4. The molecule has 3 aromatic heterocycles. The van der Waals surface area contributed by atoms with Gasteiger partial charge in [0.2, 0.25) is 5.56 Å². The Labute approximate surface area is 627 Å². The Bertz CT molecular complexity index is 5080. The summed E-state index contributed by atoms with van der Waals surface area (Å²) in [6.45, 7) is 25.3. The quantitative estimate of drug-likeness (QED) is 0.0422. The lowest BCUT2D eigenvalue weighted by molar-refractivity contribution is 0.00578. The third-order valence-electron chi connectivity index (χ3n) is 18.3. The first-order valence-corrected chi connectivity index (χ1v) is 36.8. The van der Waals surface area contributed by atoms with E-state index in [0.29, 0.717) is 55.1 Å². The highest BCUT2D eigenvalue weighted by Gasteiger charge is 2.52. The van der Waals surface area contributed by atoms with E-state index in [4.69, 9.17) is 31.5 Å². The molecule has 11 rings (SSSR count). The molecule has 0 aliphatic carbocycles. The number of aromatic nitrogens is 3. The summed E-state index contributed by atoms with van der Waals surface area (Å²) in [6, 6.07) is 27.9. The van der Waals surface area contributed by atoms with E-state index in [1.54, 1.807) is 70.1 Å². The third-order valence-corrected chi connectivity index (χ3v) is 23.3. The van der Waals surface area contributed by atoms with Gasteiger partial charge < -0.3 is 40.2 Å². The number of nitrogens with zero attached hydrogens (tertiary/aromatic N) is 4. The molecule has 2 aliphatic rings. The Morgan fingerprint density at radius 2 is 0.925 bits per heavy atom.